The first-order chi connectivity index (χ1) is 5.54. The Balaban J connectivity index is 3.43. The molecule has 0 aromatic heterocycles. The largest absolute Gasteiger partial charge is 0.302 e. The van der Waals surface area contributed by atoms with Gasteiger partial charge in [0.15, 0.2) is 0 Å². The first-order valence-electron chi connectivity index (χ1n) is 2.82. The van der Waals surface area contributed by atoms with Crippen molar-refractivity contribution in [2.24, 2.45) is 0 Å². The molecule has 0 heterocycles. The van der Waals surface area contributed by atoms with E-state index in [9.17, 15) is 10.1 Å². The quantitative estimate of drug-likeness (QED) is 0.309. The molecule has 0 unspecified atom stereocenters. The maximum Gasteiger partial charge on any atom is 0.302 e. The topological polar surface area (TPSA) is 43.1 Å². The van der Waals surface area contributed by atoms with Crippen LogP contribution in [0.25, 0.3) is 0 Å². The van der Waals surface area contributed by atoms with Crippen molar-refractivity contribution >= 4 is 62.5 Å². The third kappa shape index (κ3) is 1.99. The molecule has 64 valence electrons. The van der Waals surface area contributed by atoms with Gasteiger partial charge in [0.1, 0.15) is 8.59 Å². The van der Waals surface area contributed by atoms with Gasteiger partial charge in [0.25, 0.3) is 0 Å². The zero-order chi connectivity index (χ0) is 9.30. The van der Waals surface area contributed by atoms with Gasteiger partial charge in [0.05, 0.1) is 4.92 Å². The Morgan fingerprint density at radius 2 is 2.00 bits per heavy atom. The number of nitro groups is 1. The van der Waals surface area contributed by atoms with Gasteiger partial charge in [-0.3, -0.25) is 10.1 Å². The normalized spacial score (nSPS) is 9.92. The van der Waals surface area contributed by atoms with E-state index < -0.39 is 4.92 Å². The first kappa shape index (κ1) is 10.5. The summed E-state index contributed by atoms with van der Waals surface area (Å²) in [6.45, 7) is 0. The molecule has 0 atom stereocenters. The van der Waals surface area contributed by atoms with Crippen LogP contribution in [0, 0.1) is 17.3 Å². The highest BCUT2D eigenvalue weighted by molar-refractivity contribution is 14.1. The molecule has 0 fully saturated rings. The SMILES string of the molecule is O=[N+]([O-])c1c(Cl)ccc(I)c1I. The van der Waals surface area contributed by atoms with Crippen LogP contribution in [0.4, 0.5) is 5.69 Å². The summed E-state index contributed by atoms with van der Waals surface area (Å²) in [5.41, 5.74) is -0.0100. The van der Waals surface area contributed by atoms with E-state index in [2.05, 4.69) is 0 Å². The fraction of sp³-hybridized carbons (Fsp3) is 0. The Hall–Kier alpha value is 0.370. The third-order valence-corrected chi connectivity index (χ3v) is 4.53. The summed E-state index contributed by atoms with van der Waals surface area (Å²) in [5, 5.41) is 10.7. The molecule has 0 saturated carbocycles. The Morgan fingerprint density at radius 1 is 1.42 bits per heavy atom. The lowest BCUT2D eigenvalue weighted by atomic mass is 10.3. The molecule has 0 aliphatic heterocycles. The van der Waals surface area contributed by atoms with Gasteiger partial charge in [0.2, 0.25) is 0 Å². The van der Waals surface area contributed by atoms with Crippen LogP contribution in [0.1, 0.15) is 0 Å². The number of rotatable bonds is 1. The lowest BCUT2D eigenvalue weighted by molar-refractivity contribution is -0.385. The Morgan fingerprint density at radius 3 is 2.42 bits per heavy atom. The van der Waals surface area contributed by atoms with E-state index in [0.717, 1.165) is 3.57 Å². The van der Waals surface area contributed by atoms with Gasteiger partial charge >= 0.3 is 5.69 Å². The van der Waals surface area contributed by atoms with E-state index in [1.54, 1.807) is 6.07 Å². The summed E-state index contributed by atoms with van der Waals surface area (Å²) in [4.78, 5) is 10.0. The molecule has 1 aromatic rings. The zero-order valence-corrected chi connectivity index (χ0v) is 10.6. The fourth-order valence-corrected chi connectivity index (χ4v) is 2.17. The molecule has 0 aliphatic carbocycles. The van der Waals surface area contributed by atoms with Gasteiger partial charge in [-0.1, -0.05) is 11.6 Å². The average molecular weight is 409 g/mol. The van der Waals surface area contributed by atoms with Crippen molar-refractivity contribution < 1.29 is 4.92 Å². The van der Waals surface area contributed by atoms with Crippen molar-refractivity contribution in [2.75, 3.05) is 0 Å². The number of halogens is 3. The summed E-state index contributed by atoms with van der Waals surface area (Å²) in [5.74, 6) is 0. The predicted octanol–water partition coefficient (Wildman–Crippen LogP) is 3.46. The highest BCUT2D eigenvalue weighted by atomic mass is 127. The van der Waals surface area contributed by atoms with Crippen LogP contribution in [0.3, 0.4) is 0 Å². The molecule has 1 aromatic carbocycles. The van der Waals surface area contributed by atoms with E-state index in [1.807, 2.05) is 45.2 Å². The van der Waals surface area contributed by atoms with Gasteiger partial charge in [-0.15, -0.1) is 0 Å². The standard InChI is InChI=1S/C6H2ClI2NO2/c7-3-1-2-4(8)5(9)6(3)10(11)12/h1-2H. The smallest absolute Gasteiger partial charge is 0.258 e. The van der Waals surface area contributed by atoms with Crippen LogP contribution < -0.4 is 0 Å². The van der Waals surface area contributed by atoms with Crippen LogP contribution >= 0.6 is 56.8 Å². The van der Waals surface area contributed by atoms with E-state index >= 15 is 0 Å². The number of benzene rings is 1. The van der Waals surface area contributed by atoms with E-state index in [4.69, 9.17) is 11.6 Å². The van der Waals surface area contributed by atoms with Crippen LogP contribution in [-0.2, 0) is 0 Å². The minimum Gasteiger partial charge on any atom is -0.258 e. The van der Waals surface area contributed by atoms with E-state index in [0.29, 0.717) is 3.57 Å². The van der Waals surface area contributed by atoms with Crippen LogP contribution in [0.5, 0.6) is 0 Å². The lowest BCUT2D eigenvalue weighted by Crippen LogP contribution is -1.94. The van der Waals surface area contributed by atoms with E-state index in [1.165, 1.54) is 6.07 Å². The molecule has 0 N–H and O–H groups in total. The van der Waals surface area contributed by atoms with Crippen molar-refractivity contribution in [1.29, 1.82) is 0 Å². The second kappa shape index (κ2) is 4.05. The summed E-state index contributed by atoms with van der Waals surface area (Å²) in [7, 11) is 0. The minimum absolute atomic E-state index is 0.0100. The third-order valence-electron chi connectivity index (χ3n) is 1.20. The van der Waals surface area contributed by atoms with Gasteiger partial charge in [-0.25, -0.2) is 0 Å². The van der Waals surface area contributed by atoms with Crippen molar-refractivity contribution in [2.45, 2.75) is 0 Å². The highest BCUT2D eigenvalue weighted by Crippen LogP contribution is 2.32. The molecule has 0 saturated heterocycles. The minimum atomic E-state index is -0.466. The lowest BCUT2D eigenvalue weighted by Gasteiger charge is -1.99. The molecular formula is C6H2ClI2NO2. The fourth-order valence-electron chi connectivity index (χ4n) is 0.684. The van der Waals surface area contributed by atoms with Gasteiger partial charge in [0, 0.05) is 3.57 Å². The van der Waals surface area contributed by atoms with Crippen molar-refractivity contribution in [3.8, 4) is 0 Å². The molecule has 1 rings (SSSR count). The molecule has 0 spiro atoms. The second-order valence-corrected chi connectivity index (χ2v) is 4.60. The molecule has 3 nitrogen and oxygen atoms in total. The Kier molecular flexibility index (Phi) is 3.53. The summed E-state index contributed by atoms with van der Waals surface area (Å²) in [6.07, 6.45) is 0. The molecule has 12 heavy (non-hydrogen) atoms. The van der Waals surface area contributed by atoms with Crippen LogP contribution in [0.15, 0.2) is 12.1 Å². The van der Waals surface area contributed by atoms with Crippen LogP contribution in [-0.4, -0.2) is 4.92 Å². The average Bonchev–Trinajstić information content (AvgIpc) is 1.97. The van der Waals surface area contributed by atoms with Crippen molar-refractivity contribution in [1.82, 2.24) is 0 Å². The monoisotopic (exact) mass is 409 g/mol. The zero-order valence-electron chi connectivity index (χ0n) is 5.55. The second-order valence-electron chi connectivity index (χ2n) is 1.95. The van der Waals surface area contributed by atoms with Gasteiger partial charge < -0.3 is 0 Å². The summed E-state index contributed by atoms with van der Waals surface area (Å²) < 4.78 is 1.43. The Bertz CT molecular complexity index is 343. The highest BCUT2D eigenvalue weighted by Gasteiger charge is 2.18. The molecule has 6 heteroatoms. The number of nitrogens with zero attached hydrogens (tertiary/aromatic N) is 1. The maximum absolute atomic E-state index is 10.5. The number of hydrogen-bond acceptors (Lipinski definition) is 2. The molecular weight excluding hydrogens is 407 g/mol. The molecule has 0 aliphatic rings. The predicted molar refractivity (Wildman–Crippen MR) is 63.5 cm³/mol. The van der Waals surface area contributed by atoms with Crippen molar-refractivity contribution in [3.05, 3.63) is 34.4 Å². The first-order valence-corrected chi connectivity index (χ1v) is 5.35. The van der Waals surface area contributed by atoms with Crippen LogP contribution in [0.2, 0.25) is 5.02 Å². The summed E-state index contributed by atoms with van der Waals surface area (Å²) in [6, 6.07) is 3.28. The number of hydrogen-bond donors (Lipinski definition) is 0. The molecule has 0 bridgehead atoms. The number of nitro benzene ring substituents is 1. The van der Waals surface area contributed by atoms with Gasteiger partial charge in [-0.05, 0) is 57.3 Å². The maximum atomic E-state index is 10.5. The van der Waals surface area contributed by atoms with Gasteiger partial charge in [-0.2, -0.15) is 0 Å². The van der Waals surface area contributed by atoms with E-state index in [-0.39, 0.29) is 10.7 Å². The molecule has 0 radical (unpaired) electrons. The summed E-state index contributed by atoms with van der Waals surface area (Å²) >= 11 is 9.59. The van der Waals surface area contributed by atoms with Crippen molar-refractivity contribution in [3.63, 3.8) is 0 Å². The Labute approximate surface area is 101 Å². The molecule has 0 amide bonds.